The number of piperazine rings is 1. The monoisotopic (exact) mass is 595 g/mol. The molecule has 0 bridgehead atoms. The molecule has 7 nitrogen and oxygen atoms in total. The molecule has 2 aliphatic heterocycles. The van der Waals surface area contributed by atoms with Gasteiger partial charge in [-0.2, -0.15) is 5.26 Å². The second-order valence-electron chi connectivity index (χ2n) is 10.4. The van der Waals surface area contributed by atoms with E-state index >= 15 is 0 Å². The lowest BCUT2D eigenvalue weighted by Crippen LogP contribution is -2.49. The molecule has 1 amide bonds. The van der Waals surface area contributed by atoms with E-state index in [-0.39, 0.29) is 22.8 Å². The number of pyridine rings is 1. The highest BCUT2D eigenvalue weighted by atomic mass is 32.2. The average Bonchev–Trinajstić information content (AvgIpc) is 3.24. The topological polar surface area (TPSA) is 72.6 Å². The van der Waals surface area contributed by atoms with E-state index in [4.69, 9.17) is 12.2 Å². The molecule has 0 unspecified atom stereocenters. The average molecular weight is 596 g/mol. The molecule has 4 rings (SSSR count). The van der Waals surface area contributed by atoms with Crippen molar-refractivity contribution < 1.29 is 9.18 Å². The number of amides is 1. The molecule has 2 aliphatic rings. The van der Waals surface area contributed by atoms with Crippen molar-refractivity contribution in [3.8, 4) is 6.07 Å². The quantitative estimate of drug-likeness (QED) is 0.177. The number of halogens is 1. The fraction of sp³-hybridized carbons (Fsp3) is 0.484. The standard InChI is InChI=1S/C31H38FN5O2S2/c1-4-6-7-8-9-12-15-37-30(39)27(41-31(37)40)20-23-22(3)24(21-33)29(38)36(5-2)28(23)35-18-16-34(17-19-35)26-14-11-10-13-25(26)32/h10-11,13-14,20H,4-9,12,15-19H2,1-3H3/b27-20+. The van der Waals surface area contributed by atoms with E-state index in [2.05, 4.69) is 17.9 Å². The van der Waals surface area contributed by atoms with Crippen LogP contribution in [-0.2, 0) is 11.3 Å². The van der Waals surface area contributed by atoms with Gasteiger partial charge in [0.1, 0.15) is 27.6 Å². The summed E-state index contributed by atoms with van der Waals surface area (Å²) in [6.45, 7) is 9.04. The first-order valence-electron chi connectivity index (χ1n) is 14.5. The first kappa shape index (κ1) is 30.8. The summed E-state index contributed by atoms with van der Waals surface area (Å²) in [5.41, 5.74) is 1.53. The highest BCUT2D eigenvalue weighted by Gasteiger charge is 2.33. The lowest BCUT2D eigenvalue weighted by molar-refractivity contribution is -0.122. The molecule has 41 heavy (non-hydrogen) atoms. The molecule has 10 heteroatoms. The van der Waals surface area contributed by atoms with Crippen molar-refractivity contribution in [3.05, 3.63) is 62.0 Å². The number of unbranched alkanes of at least 4 members (excludes halogenated alkanes) is 5. The number of anilines is 2. The van der Waals surface area contributed by atoms with E-state index in [1.807, 2.05) is 17.9 Å². The molecule has 1 aromatic heterocycles. The first-order chi connectivity index (χ1) is 19.8. The van der Waals surface area contributed by atoms with Crippen molar-refractivity contribution in [2.45, 2.75) is 65.8 Å². The predicted octanol–water partition coefficient (Wildman–Crippen LogP) is 6.08. The smallest absolute Gasteiger partial charge is 0.270 e. The Bertz CT molecular complexity index is 1420. The lowest BCUT2D eigenvalue weighted by atomic mass is 10.0. The summed E-state index contributed by atoms with van der Waals surface area (Å²) in [5.74, 6) is 0.295. The van der Waals surface area contributed by atoms with Crippen LogP contribution in [0.5, 0.6) is 0 Å². The van der Waals surface area contributed by atoms with Gasteiger partial charge in [0.2, 0.25) is 0 Å². The third-order valence-electron chi connectivity index (χ3n) is 7.82. The van der Waals surface area contributed by atoms with Crippen LogP contribution in [0.3, 0.4) is 0 Å². The Hall–Kier alpha value is -3.16. The van der Waals surface area contributed by atoms with Crippen molar-refractivity contribution in [2.75, 3.05) is 42.5 Å². The summed E-state index contributed by atoms with van der Waals surface area (Å²) < 4.78 is 16.6. The molecular formula is C31H38FN5O2S2. The number of nitrogens with zero attached hydrogens (tertiary/aromatic N) is 5. The van der Waals surface area contributed by atoms with E-state index in [0.717, 1.165) is 19.3 Å². The largest absolute Gasteiger partial charge is 0.366 e. The maximum atomic E-state index is 14.5. The molecule has 0 N–H and O–H groups in total. The Morgan fingerprint density at radius 3 is 2.34 bits per heavy atom. The number of aromatic nitrogens is 1. The number of hydrogen-bond acceptors (Lipinski definition) is 7. The van der Waals surface area contributed by atoms with E-state index in [1.165, 1.54) is 37.1 Å². The summed E-state index contributed by atoms with van der Waals surface area (Å²) in [7, 11) is 0. The molecule has 2 aromatic rings. The maximum Gasteiger partial charge on any atom is 0.270 e. The first-order valence-corrected chi connectivity index (χ1v) is 15.7. The minimum atomic E-state index is -0.341. The van der Waals surface area contributed by atoms with Gasteiger partial charge in [0.05, 0.1) is 10.6 Å². The van der Waals surface area contributed by atoms with Crippen LogP contribution >= 0.6 is 24.0 Å². The zero-order chi connectivity index (χ0) is 29.5. The SMILES string of the molecule is CCCCCCCCN1C(=O)/C(=C\c2c(C)c(C#N)c(=O)n(CC)c2N2CCN(c3ccccc3F)CC2)SC1=S. The van der Waals surface area contributed by atoms with Gasteiger partial charge in [-0.05, 0) is 44.0 Å². The number of thiocarbonyl (C=S) groups is 1. The van der Waals surface area contributed by atoms with Gasteiger partial charge >= 0.3 is 0 Å². The van der Waals surface area contributed by atoms with Gasteiger partial charge in [-0.1, -0.05) is 75.1 Å². The molecule has 218 valence electrons. The maximum absolute atomic E-state index is 14.5. The summed E-state index contributed by atoms with van der Waals surface area (Å²) >= 11 is 6.86. The van der Waals surface area contributed by atoms with Crippen molar-refractivity contribution >= 4 is 51.8 Å². The summed E-state index contributed by atoms with van der Waals surface area (Å²) in [6.07, 6.45) is 8.56. The second-order valence-corrected chi connectivity index (χ2v) is 12.1. The Morgan fingerprint density at radius 2 is 1.68 bits per heavy atom. The zero-order valence-electron chi connectivity index (χ0n) is 24.1. The number of para-hydroxylation sites is 1. The van der Waals surface area contributed by atoms with Crippen LogP contribution in [0.1, 0.15) is 69.1 Å². The Labute approximate surface area is 251 Å². The predicted molar refractivity (Wildman–Crippen MR) is 170 cm³/mol. The summed E-state index contributed by atoms with van der Waals surface area (Å²) in [4.78, 5) is 33.1. The Morgan fingerprint density at radius 1 is 1.02 bits per heavy atom. The number of rotatable bonds is 11. The number of benzene rings is 1. The number of carbonyl (C=O) groups excluding carboxylic acids is 1. The normalized spacial score (nSPS) is 16.7. The third kappa shape index (κ3) is 6.68. The second kappa shape index (κ2) is 14.1. The van der Waals surface area contributed by atoms with Crippen LogP contribution in [0, 0.1) is 24.1 Å². The minimum Gasteiger partial charge on any atom is -0.366 e. The van der Waals surface area contributed by atoms with Crippen LogP contribution in [0.25, 0.3) is 6.08 Å². The summed E-state index contributed by atoms with van der Waals surface area (Å²) in [5, 5.41) is 9.86. The van der Waals surface area contributed by atoms with Gasteiger partial charge < -0.3 is 9.80 Å². The number of carbonyl (C=O) groups is 1. The fourth-order valence-electron chi connectivity index (χ4n) is 5.52. The molecule has 0 aliphatic carbocycles. The van der Waals surface area contributed by atoms with Gasteiger partial charge in [-0.15, -0.1) is 0 Å². The van der Waals surface area contributed by atoms with Gasteiger partial charge in [0, 0.05) is 44.8 Å². The van der Waals surface area contributed by atoms with Gasteiger partial charge in [-0.3, -0.25) is 19.1 Å². The molecule has 0 radical (unpaired) electrons. The Kier molecular flexibility index (Phi) is 10.6. The zero-order valence-corrected chi connectivity index (χ0v) is 25.8. The highest BCUT2D eigenvalue weighted by Crippen LogP contribution is 2.36. The van der Waals surface area contributed by atoms with Crippen molar-refractivity contribution in [2.24, 2.45) is 0 Å². The minimum absolute atomic E-state index is 0.0781. The molecule has 0 atom stereocenters. The third-order valence-corrected chi connectivity index (χ3v) is 9.20. The van der Waals surface area contributed by atoms with Gasteiger partial charge in [0.25, 0.3) is 11.5 Å². The molecule has 0 spiro atoms. The van der Waals surface area contributed by atoms with Crippen LogP contribution in [0.15, 0.2) is 34.0 Å². The molecule has 3 heterocycles. The molecule has 2 saturated heterocycles. The van der Waals surface area contributed by atoms with E-state index in [1.54, 1.807) is 34.6 Å². The highest BCUT2D eigenvalue weighted by molar-refractivity contribution is 8.26. The molecule has 2 fully saturated rings. The van der Waals surface area contributed by atoms with E-state index < -0.39 is 0 Å². The van der Waals surface area contributed by atoms with Gasteiger partial charge in [-0.25, -0.2) is 4.39 Å². The van der Waals surface area contributed by atoms with Crippen LogP contribution in [0.4, 0.5) is 15.9 Å². The lowest BCUT2D eigenvalue weighted by Gasteiger charge is -2.39. The van der Waals surface area contributed by atoms with Crippen LogP contribution in [-0.4, -0.2) is 52.4 Å². The van der Waals surface area contributed by atoms with Crippen LogP contribution in [0.2, 0.25) is 0 Å². The van der Waals surface area contributed by atoms with Crippen molar-refractivity contribution in [1.82, 2.24) is 9.47 Å². The molecular weight excluding hydrogens is 558 g/mol. The van der Waals surface area contributed by atoms with Crippen LogP contribution < -0.4 is 15.4 Å². The van der Waals surface area contributed by atoms with Crippen molar-refractivity contribution in [1.29, 1.82) is 5.26 Å². The number of hydrogen-bond donors (Lipinski definition) is 0. The fourth-order valence-corrected chi connectivity index (χ4v) is 6.81. The van der Waals surface area contributed by atoms with E-state index in [0.29, 0.717) is 71.1 Å². The molecule has 0 saturated carbocycles. The Balaban J connectivity index is 1.63. The van der Waals surface area contributed by atoms with Gasteiger partial charge in [0.15, 0.2) is 0 Å². The summed E-state index contributed by atoms with van der Waals surface area (Å²) in [6, 6.07) is 8.82. The van der Waals surface area contributed by atoms with Crippen molar-refractivity contribution in [3.63, 3.8) is 0 Å². The number of nitriles is 1. The molecule has 1 aromatic carbocycles. The van der Waals surface area contributed by atoms with E-state index in [9.17, 15) is 19.2 Å². The number of thioether (sulfide) groups is 1.